The lowest BCUT2D eigenvalue weighted by Gasteiger charge is -2.27. The van der Waals surface area contributed by atoms with Crippen LogP contribution < -0.4 is 0 Å². The quantitative estimate of drug-likeness (QED) is 0.761. The summed E-state index contributed by atoms with van der Waals surface area (Å²) in [5.41, 5.74) is 1.19. The third kappa shape index (κ3) is 1.84. The molecular formula is C14H13NOS. The summed E-state index contributed by atoms with van der Waals surface area (Å²) < 4.78 is 7.09. The molecule has 0 saturated carbocycles. The van der Waals surface area contributed by atoms with E-state index in [1.54, 1.807) is 11.3 Å². The van der Waals surface area contributed by atoms with Crippen LogP contribution in [0.3, 0.4) is 0 Å². The Morgan fingerprint density at radius 3 is 3.12 bits per heavy atom. The van der Waals surface area contributed by atoms with Crippen molar-refractivity contribution in [3.63, 3.8) is 0 Å². The van der Waals surface area contributed by atoms with Crippen LogP contribution in [0.4, 0.5) is 0 Å². The molecule has 1 aromatic heterocycles. The topological polar surface area (TPSA) is 33.0 Å². The Morgan fingerprint density at radius 1 is 1.35 bits per heavy atom. The summed E-state index contributed by atoms with van der Waals surface area (Å²) in [6.45, 7) is 0.771. The van der Waals surface area contributed by atoms with Gasteiger partial charge in [0.15, 0.2) is 0 Å². The molecule has 1 saturated heterocycles. The molecule has 2 atom stereocenters. The molecule has 1 fully saturated rings. The number of ether oxygens (including phenoxy) is 1. The normalized spacial score (nSPS) is 24.6. The van der Waals surface area contributed by atoms with Crippen molar-refractivity contribution in [2.75, 3.05) is 6.61 Å². The lowest BCUT2D eigenvalue weighted by atomic mass is 9.90. The number of rotatable bonds is 1. The highest BCUT2D eigenvalue weighted by Crippen LogP contribution is 2.39. The van der Waals surface area contributed by atoms with Gasteiger partial charge in [-0.2, -0.15) is 5.26 Å². The Hall–Kier alpha value is -1.37. The van der Waals surface area contributed by atoms with Gasteiger partial charge in [0, 0.05) is 16.9 Å². The molecule has 0 bridgehead atoms. The zero-order valence-corrected chi connectivity index (χ0v) is 10.2. The molecule has 2 aromatic rings. The molecule has 3 heteroatoms. The van der Waals surface area contributed by atoms with Crippen LogP contribution in [0.2, 0.25) is 0 Å². The number of hydrogen-bond donors (Lipinski definition) is 0. The summed E-state index contributed by atoms with van der Waals surface area (Å²) in [7, 11) is 0. The summed E-state index contributed by atoms with van der Waals surface area (Å²) in [5, 5.41) is 12.6. The third-order valence-corrected chi connectivity index (χ3v) is 4.29. The van der Waals surface area contributed by atoms with Crippen LogP contribution in [-0.4, -0.2) is 6.61 Å². The van der Waals surface area contributed by atoms with E-state index in [2.05, 4.69) is 23.6 Å². The van der Waals surface area contributed by atoms with E-state index in [4.69, 9.17) is 4.74 Å². The molecule has 1 aliphatic rings. The third-order valence-electron chi connectivity index (χ3n) is 3.31. The number of thiophene rings is 1. The average molecular weight is 243 g/mol. The van der Waals surface area contributed by atoms with Gasteiger partial charge in [0.25, 0.3) is 0 Å². The van der Waals surface area contributed by atoms with Crippen molar-refractivity contribution in [1.82, 2.24) is 0 Å². The number of fused-ring (bicyclic) bond motifs is 1. The second-order valence-corrected chi connectivity index (χ2v) is 5.27. The Labute approximate surface area is 104 Å². The molecule has 86 valence electrons. The Balaban J connectivity index is 2.05. The first kappa shape index (κ1) is 10.8. The first-order valence-corrected chi connectivity index (χ1v) is 6.75. The molecule has 2 heterocycles. The number of benzene rings is 1. The van der Waals surface area contributed by atoms with E-state index in [1.807, 2.05) is 12.1 Å². The van der Waals surface area contributed by atoms with Gasteiger partial charge < -0.3 is 4.74 Å². The van der Waals surface area contributed by atoms with Crippen LogP contribution >= 0.6 is 11.3 Å². The summed E-state index contributed by atoms with van der Waals surface area (Å²) in [6, 6.07) is 10.7. The molecule has 0 amide bonds. The highest BCUT2D eigenvalue weighted by Gasteiger charge is 2.29. The van der Waals surface area contributed by atoms with Crippen molar-refractivity contribution in [3.8, 4) is 6.07 Å². The van der Waals surface area contributed by atoms with E-state index >= 15 is 0 Å². The lowest BCUT2D eigenvalue weighted by Crippen LogP contribution is -2.21. The van der Waals surface area contributed by atoms with E-state index in [1.165, 1.54) is 15.6 Å². The van der Waals surface area contributed by atoms with Gasteiger partial charge in [0.1, 0.15) is 0 Å². The molecule has 1 aromatic carbocycles. The van der Waals surface area contributed by atoms with Gasteiger partial charge in [-0.1, -0.05) is 18.2 Å². The second kappa shape index (κ2) is 4.48. The number of nitrogens with zero attached hydrogens (tertiary/aromatic N) is 1. The van der Waals surface area contributed by atoms with Crippen LogP contribution in [0.1, 0.15) is 24.5 Å². The van der Waals surface area contributed by atoms with Gasteiger partial charge in [0.05, 0.1) is 18.1 Å². The van der Waals surface area contributed by atoms with Crippen molar-refractivity contribution in [1.29, 1.82) is 5.26 Å². The van der Waals surface area contributed by atoms with Gasteiger partial charge in [-0.15, -0.1) is 11.3 Å². The van der Waals surface area contributed by atoms with Crippen LogP contribution in [-0.2, 0) is 4.74 Å². The molecule has 3 rings (SSSR count). The number of hydrogen-bond acceptors (Lipinski definition) is 3. The highest BCUT2D eigenvalue weighted by molar-refractivity contribution is 7.17. The van der Waals surface area contributed by atoms with Gasteiger partial charge in [0.2, 0.25) is 0 Å². The zero-order chi connectivity index (χ0) is 11.7. The lowest BCUT2D eigenvalue weighted by molar-refractivity contribution is -0.00904. The first-order valence-electron chi connectivity index (χ1n) is 5.87. The fourth-order valence-electron chi connectivity index (χ4n) is 2.44. The van der Waals surface area contributed by atoms with Crippen molar-refractivity contribution in [2.45, 2.75) is 18.9 Å². The molecule has 0 N–H and O–H groups in total. The van der Waals surface area contributed by atoms with Gasteiger partial charge in [-0.25, -0.2) is 0 Å². The maximum absolute atomic E-state index is 9.21. The smallest absolute Gasteiger partial charge is 0.0997 e. The standard InChI is InChI=1S/C14H13NOS/c15-8-10-4-3-7-16-14(10)12-9-17-13-6-2-1-5-11(12)13/h1-2,5-6,9-10,14H,3-4,7H2. The Kier molecular flexibility index (Phi) is 2.84. The molecule has 2 unspecified atom stereocenters. The molecular weight excluding hydrogens is 230 g/mol. The van der Waals surface area contributed by atoms with Crippen LogP contribution in [0.25, 0.3) is 10.1 Å². The van der Waals surface area contributed by atoms with Gasteiger partial charge in [-0.3, -0.25) is 0 Å². The summed E-state index contributed by atoms with van der Waals surface area (Å²) >= 11 is 1.73. The molecule has 0 aliphatic carbocycles. The molecule has 17 heavy (non-hydrogen) atoms. The van der Waals surface area contributed by atoms with E-state index < -0.39 is 0 Å². The first-order chi connectivity index (χ1) is 8.40. The minimum Gasteiger partial charge on any atom is -0.372 e. The summed E-state index contributed by atoms with van der Waals surface area (Å²) in [6.07, 6.45) is 1.91. The monoisotopic (exact) mass is 243 g/mol. The summed E-state index contributed by atoms with van der Waals surface area (Å²) in [4.78, 5) is 0. The van der Waals surface area contributed by atoms with Crippen molar-refractivity contribution < 1.29 is 4.74 Å². The van der Waals surface area contributed by atoms with E-state index in [0.29, 0.717) is 0 Å². The predicted octanol–water partition coefficient (Wildman–Crippen LogP) is 3.89. The predicted molar refractivity (Wildman–Crippen MR) is 68.9 cm³/mol. The number of nitriles is 1. The van der Waals surface area contributed by atoms with E-state index in [9.17, 15) is 5.26 Å². The Morgan fingerprint density at radius 2 is 2.24 bits per heavy atom. The highest BCUT2D eigenvalue weighted by atomic mass is 32.1. The van der Waals surface area contributed by atoms with Crippen LogP contribution in [0, 0.1) is 17.2 Å². The van der Waals surface area contributed by atoms with Crippen molar-refractivity contribution >= 4 is 21.4 Å². The maximum Gasteiger partial charge on any atom is 0.0997 e. The molecule has 0 radical (unpaired) electrons. The minimum absolute atomic E-state index is 0.00163. The van der Waals surface area contributed by atoms with Crippen molar-refractivity contribution in [3.05, 3.63) is 35.2 Å². The Bertz CT molecular complexity index is 569. The van der Waals surface area contributed by atoms with Gasteiger partial charge in [-0.05, 0) is 29.7 Å². The van der Waals surface area contributed by atoms with E-state index in [0.717, 1.165) is 19.4 Å². The van der Waals surface area contributed by atoms with Crippen molar-refractivity contribution in [2.24, 2.45) is 5.92 Å². The van der Waals surface area contributed by atoms with E-state index in [-0.39, 0.29) is 12.0 Å². The molecule has 1 aliphatic heterocycles. The fraction of sp³-hybridized carbons (Fsp3) is 0.357. The fourth-order valence-corrected chi connectivity index (χ4v) is 3.42. The zero-order valence-electron chi connectivity index (χ0n) is 9.43. The SMILES string of the molecule is N#CC1CCCOC1c1csc2ccccc12. The summed E-state index contributed by atoms with van der Waals surface area (Å²) in [5.74, 6) is 0.00163. The largest absolute Gasteiger partial charge is 0.372 e. The van der Waals surface area contributed by atoms with Gasteiger partial charge >= 0.3 is 0 Å². The second-order valence-electron chi connectivity index (χ2n) is 4.36. The molecule has 2 nitrogen and oxygen atoms in total. The molecule has 0 spiro atoms. The van der Waals surface area contributed by atoms with Crippen LogP contribution in [0.5, 0.6) is 0 Å². The maximum atomic E-state index is 9.21. The van der Waals surface area contributed by atoms with Crippen LogP contribution in [0.15, 0.2) is 29.6 Å². The minimum atomic E-state index is -0.0371. The average Bonchev–Trinajstić information content (AvgIpc) is 2.82.